The van der Waals surface area contributed by atoms with E-state index in [-0.39, 0.29) is 24.0 Å². The second-order valence-electron chi connectivity index (χ2n) is 8.75. The van der Waals surface area contributed by atoms with Crippen molar-refractivity contribution in [3.05, 3.63) is 47.5 Å². The van der Waals surface area contributed by atoms with Gasteiger partial charge in [-0.25, -0.2) is 8.42 Å². The SMILES string of the molecule is COc1cc(CN(C(=O)c2ccc(OCC(C)C)cc2)C2CCS(=O)(=O)C2)cc(OC)c1OC. The van der Waals surface area contributed by atoms with E-state index in [1.165, 1.54) is 21.3 Å². The second-order valence-corrected chi connectivity index (χ2v) is 11.0. The van der Waals surface area contributed by atoms with Crippen molar-refractivity contribution in [3.8, 4) is 23.0 Å². The molecule has 0 radical (unpaired) electrons. The Morgan fingerprint density at radius 2 is 1.65 bits per heavy atom. The number of hydrogen-bond acceptors (Lipinski definition) is 7. The number of amides is 1. The van der Waals surface area contributed by atoms with E-state index in [2.05, 4.69) is 13.8 Å². The van der Waals surface area contributed by atoms with Gasteiger partial charge in [0.1, 0.15) is 5.75 Å². The molecule has 186 valence electrons. The molecule has 1 heterocycles. The molecule has 1 unspecified atom stereocenters. The van der Waals surface area contributed by atoms with Crippen LogP contribution in [0.15, 0.2) is 36.4 Å². The van der Waals surface area contributed by atoms with Crippen LogP contribution >= 0.6 is 0 Å². The van der Waals surface area contributed by atoms with E-state index in [1.807, 2.05) is 0 Å². The Morgan fingerprint density at radius 1 is 1.03 bits per heavy atom. The fraction of sp³-hybridized carbons (Fsp3) is 0.480. The summed E-state index contributed by atoms with van der Waals surface area (Å²) in [5, 5.41) is 0. The highest BCUT2D eigenvalue weighted by atomic mass is 32.2. The first-order valence-corrected chi connectivity index (χ1v) is 13.0. The zero-order valence-corrected chi connectivity index (χ0v) is 21.2. The number of methoxy groups -OCH3 is 3. The summed E-state index contributed by atoms with van der Waals surface area (Å²) >= 11 is 0. The monoisotopic (exact) mass is 491 g/mol. The van der Waals surface area contributed by atoms with E-state index in [0.717, 1.165) is 5.56 Å². The molecule has 3 rings (SSSR count). The van der Waals surface area contributed by atoms with Crippen molar-refractivity contribution in [1.82, 2.24) is 4.90 Å². The van der Waals surface area contributed by atoms with Crippen LogP contribution in [-0.4, -0.2) is 64.7 Å². The quantitative estimate of drug-likeness (QED) is 0.502. The first kappa shape index (κ1) is 25.7. The molecule has 34 heavy (non-hydrogen) atoms. The Bertz CT molecular complexity index is 1070. The molecule has 0 bridgehead atoms. The van der Waals surface area contributed by atoms with Gasteiger partial charge >= 0.3 is 0 Å². The summed E-state index contributed by atoms with van der Waals surface area (Å²) in [7, 11) is 1.38. The lowest BCUT2D eigenvalue weighted by Gasteiger charge is -2.29. The standard InChI is InChI=1S/C25H33NO7S/c1-17(2)15-33-21-8-6-19(7-9-21)25(27)26(20-10-11-34(28,29)16-20)14-18-12-22(30-3)24(32-5)23(13-18)31-4/h6-9,12-13,17,20H,10-11,14-16H2,1-5H3. The topological polar surface area (TPSA) is 91.4 Å². The summed E-state index contributed by atoms with van der Waals surface area (Å²) in [5.41, 5.74) is 1.21. The van der Waals surface area contributed by atoms with Gasteiger partial charge in [-0.15, -0.1) is 0 Å². The molecule has 1 fully saturated rings. The molecule has 0 aliphatic carbocycles. The van der Waals surface area contributed by atoms with Gasteiger partial charge in [0.05, 0.1) is 39.4 Å². The number of carbonyl (C=O) groups is 1. The number of nitrogens with zero attached hydrogens (tertiary/aromatic N) is 1. The minimum Gasteiger partial charge on any atom is -0.493 e. The van der Waals surface area contributed by atoms with Crippen LogP contribution in [0.25, 0.3) is 0 Å². The average Bonchev–Trinajstić information content (AvgIpc) is 3.19. The second kappa shape index (κ2) is 11.0. The maximum atomic E-state index is 13.6. The molecule has 1 aliphatic heterocycles. The van der Waals surface area contributed by atoms with Crippen LogP contribution in [0.4, 0.5) is 0 Å². The molecule has 9 heteroatoms. The van der Waals surface area contributed by atoms with E-state index in [9.17, 15) is 13.2 Å². The Hall–Kier alpha value is -2.94. The van der Waals surface area contributed by atoms with Gasteiger partial charge in [0.2, 0.25) is 5.75 Å². The van der Waals surface area contributed by atoms with Gasteiger partial charge < -0.3 is 23.8 Å². The van der Waals surface area contributed by atoms with Crippen molar-refractivity contribution in [2.45, 2.75) is 32.9 Å². The van der Waals surface area contributed by atoms with Crippen LogP contribution < -0.4 is 18.9 Å². The third kappa shape index (κ3) is 6.14. The molecule has 1 amide bonds. The fourth-order valence-corrected chi connectivity index (χ4v) is 5.66. The highest BCUT2D eigenvalue weighted by molar-refractivity contribution is 7.91. The lowest BCUT2D eigenvalue weighted by Crippen LogP contribution is -2.40. The highest BCUT2D eigenvalue weighted by Gasteiger charge is 2.35. The van der Waals surface area contributed by atoms with E-state index in [1.54, 1.807) is 41.3 Å². The van der Waals surface area contributed by atoms with E-state index < -0.39 is 15.9 Å². The molecule has 2 aromatic rings. The smallest absolute Gasteiger partial charge is 0.254 e. The van der Waals surface area contributed by atoms with Crippen molar-refractivity contribution < 1.29 is 32.2 Å². The lowest BCUT2D eigenvalue weighted by molar-refractivity contribution is 0.0680. The Morgan fingerprint density at radius 3 is 2.12 bits per heavy atom. The zero-order valence-electron chi connectivity index (χ0n) is 20.4. The highest BCUT2D eigenvalue weighted by Crippen LogP contribution is 2.39. The van der Waals surface area contributed by atoms with Crippen molar-refractivity contribution >= 4 is 15.7 Å². The molecule has 1 saturated heterocycles. The van der Waals surface area contributed by atoms with Crippen LogP contribution in [0.2, 0.25) is 0 Å². The van der Waals surface area contributed by atoms with Gasteiger partial charge in [0.15, 0.2) is 21.3 Å². The molecular formula is C25H33NO7S. The van der Waals surface area contributed by atoms with Gasteiger partial charge in [-0.2, -0.15) is 0 Å². The number of benzene rings is 2. The Kier molecular flexibility index (Phi) is 8.30. The van der Waals surface area contributed by atoms with Gasteiger partial charge in [0.25, 0.3) is 5.91 Å². The summed E-state index contributed by atoms with van der Waals surface area (Å²) in [6.45, 7) is 4.91. The lowest BCUT2D eigenvalue weighted by atomic mass is 10.1. The third-order valence-electron chi connectivity index (χ3n) is 5.67. The molecule has 0 saturated carbocycles. The summed E-state index contributed by atoms with van der Waals surface area (Å²) in [5.74, 6) is 2.23. The summed E-state index contributed by atoms with van der Waals surface area (Å²) < 4.78 is 46.4. The maximum Gasteiger partial charge on any atom is 0.254 e. The van der Waals surface area contributed by atoms with Crippen molar-refractivity contribution in [1.29, 1.82) is 0 Å². The molecule has 1 aliphatic rings. The van der Waals surface area contributed by atoms with Gasteiger partial charge in [-0.3, -0.25) is 4.79 Å². The molecule has 1 atom stereocenters. The zero-order chi connectivity index (χ0) is 24.9. The summed E-state index contributed by atoms with van der Waals surface area (Å²) in [6.07, 6.45) is 0.397. The van der Waals surface area contributed by atoms with E-state index >= 15 is 0 Å². The largest absolute Gasteiger partial charge is 0.493 e. The van der Waals surface area contributed by atoms with Crippen LogP contribution in [0, 0.1) is 5.92 Å². The normalized spacial score (nSPS) is 16.8. The third-order valence-corrected chi connectivity index (χ3v) is 7.42. The fourth-order valence-electron chi connectivity index (χ4n) is 3.93. The number of ether oxygens (including phenoxy) is 4. The molecule has 0 spiro atoms. The molecular weight excluding hydrogens is 458 g/mol. The van der Waals surface area contributed by atoms with Gasteiger partial charge in [-0.05, 0) is 54.3 Å². The Balaban J connectivity index is 1.91. The number of carbonyl (C=O) groups excluding carboxylic acids is 1. The van der Waals surface area contributed by atoms with Crippen LogP contribution in [0.1, 0.15) is 36.2 Å². The van der Waals surface area contributed by atoms with Crippen LogP contribution in [0.3, 0.4) is 0 Å². The summed E-state index contributed by atoms with van der Waals surface area (Å²) in [4.78, 5) is 15.2. The predicted molar refractivity (Wildman–Crippen MR) is 130 cm³/mol. The predicted octanol–water partition coefficient (Wildman–Crippen LogP) is 3.58. The minimum atomic E-state index is -3.19. The van der Waals surface area contributed by atoms with Gasteiger partial charge in [-0.1, -0.05) is 13.8 Å². The number of hydrogen-bond donors (Lipinski definition) is 0. The first-order valence-electron chi connectivity index (χ1n) is 11.2. The molecule has 8 nitrogen and oxygen atoms in total. The first-order chi connectivity index (χ1) is 16.2. The van der Waals surface area contributed by atoms with Gasteiger partial charge in [0, 0.05) is 18.2 Å². The molecule has 0 N–H and O–H groups in total. The summed E-state index contributed by atoms with van der Waals surface area (Å²) in [6, 6.07) is 10.1. The van der Waals surface area contributed by atoms with E-state index in [0.29, 0.717) is 47.5 Å². The van der Waals surface area contributed by atoms with Crippen molar-refractivity contribution in [2.75, 3.05) is 39.4 Å². The van der Waals surface area contributed by atoms with E-state index in [4.69, 9.17) is 18.9 Å². The van der Waals surface area contributed by atoms with Crippen molar-refractivity contribution in [2.24, 2.45) is 5.92 Å². The minimum absolute atomic E-state index is 0.0568. The number of sulfone groups is 1. The maximum absolute atomic E-state index is 13.6. The Labute approximate surface area is 201 Å². The van der Waals surface area contributed by atoms with Crippen LogP contribution in [-0.2, 0) is 16.4 Å². The molecule has 2 aromatic carbocycles. The van der Waals surface area contributed by atoms with Crippen molar-refractivity contribution in [3.63, 3.8) is 0 Å². The number of rotatable bonds is 10. The van der Waals surface area contributed by atoms with Crippen LogP contribution in [0.5, 0.6) is 23.0 Å². The molecule has 0 aromatic heterocycles. The average molecular weight is 492 g/mol.